The van der Waals surface area contributed by atoms with Gasteiger partial charge in [0.2, 0.25) is 0 Å². The molecule has 5 nitrogen and oxygen atoms in total. The van der Waals surface area contributed by atoms with Crippen molar-refractivity contribution in [3.05, 3.63) is 78.0 Å². The van der Waals surface area contributed by atoms with Gasteiger partial charge in [0.1, 0.15) is 0 Å². The number of fused-ring (bicyclic) bond motifs is 1. The highest BCUT2D eigenvalue weighted by Crippen LogP contribution is 2.28. The summed E-state index contributed by atoms with van der Waals surface area (Å²) in [6.07, 6.45) is 1.80. The fourth-order valence-electron chi connectivity index (χ4n) is 3.68. The third-order valence-electron chi connectivity index (χ3n) is 5.27. The molecule has 0 N–H and O–H groups in total. The third-order valence-corrected chi connectivity index (χ3v) is 5.27. The van der Waals surface area contributed by atoms with Crippen molar-refractivity contribution in [1.29, 1.82) is 0 Å². The lowest BCUT2D eigenvalue weighted by Crippen LogP contribution is -2.40. The lowest BCUT2D eigenvalue weighted by atomic mass is 10.0. The van der Waals surface area contributed by atoms with E-state index in [-0.39, 0.29) is 17.9 Å². The van der Waals surface area contributed by atoms with Crippen LogP contribution < -0.4 is 0 Å². The summed E-state index contributed by atoms with van der Waals surface area (Å²) in [6, 6.07) is 19.6. The van der Waals surface area contributed by atoms with Crippen LogP contribution in [-0.2, 0) is 20.9 Å². The van der Waals surface area contributed by atoms with Gasteiger partial charge in [-0.3, -0.25) is 14.6 Å². The highest BCUT2D eigenvalue weighted by molar-refractivity contribution is 5.87. The zero-order valence-corrected chi connectivity index (χ0v) is 15.7. The fourth-order valence-corrected chi connectivity index (χ4v) is 3.68. The minimum atomic E-state index is -0.702. The molecule has 0 bridgehead atoms. The van der Waals surface area contributed by atoms with Crippen molar-refractivity contribution in [1.82, 2.24) is 9.88 Å². The number of carbonyl (C=O) groups excluding carboxylic acids is 2. The molecular formula is C23H22N2O3. The molecule has 0 saturated carbocycles. The number of hydrogen-bond donors (Lipinski definition) is 0. The van der Waals surface area contributed by atoms with E-state index in [2.05, 4.69) is 4.98 Å². The van der Waals surface area contributed by atoms with Gasteiger partial charge in [0, 0.05) is 31.0 Å². The van der Waals surface area contributed by atoms with Gasteiger partial charge in [-0.1, -0.05) is 48.5 Å². The Morgan fingerprint density at radius 2 is 1.89 bits per heavy atom. The Kier molecular flexibility index (Phi) is 5.06. The van der Waals surface area contributed by atoms with Gasteiger partial charge in [-0.25, -0.2) is 0 Å². The van der Waals surface area contributed by atoms with E-state index in [0.29, 0.717) is 19.4 Å². The van der Waals surface area contributed by atoms with Gasteiger partial charge in [0.05, 0.1) is 11.6 Å². The van der Waals surface area contributed by atoms with Gasteiger partial charge < -0.3 is 9.64 Å². The fraction of sp³-hybridized carbons (Fsp3) is 0.261. The van der Waals surface area contributed by atoms with Crippen LogP contribution in [-0.4, -0.2) is 27.9 Å². The number of pyridine rings is 1. The van der Waals surface area contributed by atoms with Crippen molar-refractivity contribution in [2.75, 3.05) is 0 Å². The summed E-state index contributed by atoms with van der Waals surface area (Å²) in [5.41, 5.74) is 2.96. The number of amides is 1. The molecule has 0 radical (unpaired) electrons. The molecule has 2 atom stereocenters. The Labute approximate surface area is 163 Å². The first-order valence-electron chi connectivity index (χ1n) is 9.51. The van der Waals surface area contributed by atoms with Crippen molar-refractivity contribution < 1.29 is 14.3 Å². The summed E-state index contributed by atoms with van der Waals surface area (Å²) in [5, 5.41) is 1.02. The highest BCUT2D eigenvalue weighted by atomic mass is 16.6. The van der Waals surface area contributed by atoms with E-state index in [1.165, 1.54) is 0 Å². The Balaban J connectivity index is 1.70. The van der Waals surface area contributed by atoms with Gasteiger partial charge in [-0.2, -0.15) is 0 Å². The number of esters is 1. The van der Waals surface area contributed by atoms with E-state index >= 15 is 0 Å². The number of hydrogen-bond acceptors (Lipinski definition) is 4. The molecule has 0 spiro atoms. The second-order valence-corrected chi connectivity index (χ2v) is 7.06. The largest absolute Gasteiger partial charge is 0.452 e. The topological polar surface area (TPSA) is 59.5 Å². The van der Waals surface area contributed by atoms with Crippen molar-refractivity contribution in [3.8, 4) is 0 Å². The molecule has 1 aliphatic heterocycles. The number of aromatic nitrogens is 1. The predicted octanol–water partition coefficient (Wildman–Crippen LogP) is 4.03. The second kappa shape index (κ2) is 7.80. The van der Waals surface area contributed by atoms with E-state index in [9.17, 15) is 9.59 Å². The van der Waals surface area contributed by atoms with Gasteiger partial charge in [-0.05, 0) is 30.2 Å². The molecule has 5 heteroatoms. The van der Waals surface area contributed by atoms with Crippen LogP contribution in [0.1, 0.15) is 36.9 Å². The van der Waals surface area contributed by atoms with Crippen molar-refractivity contribution in [2.45, 2.75) is 38.5 Å². The molecule has 1 saturated heterocycles. The summed E-state index contributed by atoms with van der Waals surface area (Å²) in [7, 11) is 0. The average molecular weight is 374 g/mol. The summed E-state index contributed by atoms with van der Waals surface area (Å²) < 4.78 is 5.27. The number of rotatable bonds is 5. The van der Waals surface area contributed by atoms with Crippen LogP contribution in [0.3, 0.4) is 0 Å². The van der Waals surface area contributed by atoms with Crippen LogP contribution in [0.4, 0.5) is 0 Å². The maximum atomic E-state index is 13.3. The molecule has 2 aromatic carbocycles. The summed E-state index contributed by atoms with van der Waals surface area (Å²) in [4.78, 5) is 31.0. The first-order chi connectivity index (χ1) is 13.6. The van der Waals surface area contributed by atoms with E-state index in [1.807, 2.05) is 67.6 Å². The molecule has 142 valence electrons. The molecule has 1 aromatic heterocycles. The highest BCUT2D eigenvalue weighted by Gasteiger charge is 2.35. The van der Waals surface area contributed by atoms with Crippen molar-refractivity contribution in [3.63, 3.8) is 0 Å². The first-order valence-corrected chi connectivity index (χ1v) is 9.51. The molecule has 2 heterocycles. The van der Waals surface area contributed by atoms with Crippen LogP contribution in [0.25, 0.3) is 10.9 Å². The first kappa shape index (κ1) is 18.2. The van der Waals surface area contributed by atoms with Crippen LogP contribution >= 0.6 is 0 Å². The van der Waals surface area contributed by atoms with Crippen molar-refractivity contribution in [2.24, 2.45) is 0 Å². The molecule has 1 aliphatic rings. The van der Waals surface area contributed by atoms with Gasteiger partial charge in [-0.15, -0.1) is 0 Å². The minimum absolute atomic E-state index is 0.150. The summed E-state index contributed by atoms with van der Waals surface area (Å²) in [6.45, 7) is 2.43. The number of ether oxygens (including phenoxy) is 1. The number of benzene rings is 2. The maximum Gasteiger partial charge on any atom is 0.306 e. The monoisotopic (exact) mass is 374 g/mol. The lowest BCUT2D eigenvalue weighted by molar-refractivity contribution is -0.154. The molecule has 0 unspecified atom stereocenters. The molecule has 0 aliphatic carbocycles. The normalized spacial score (nSPS) is 17.3. The Bertz CT molecular complexity index is 998. The van der Waals surface area contributed by atoms with E-state index < -0.39 is 6.10 Å². The molecule has 28 heavy (non-hydrogen) atoms. The second-order valence-electron chi connectivity index (χ2n) is 7.06. The van der Waals surface area contributed by atoms with Crippen LogP contribution in [0.2, 0.25) is 0 Å². The maximum absolute atomic E-state index is 13.3. The Hall–Kier alpha value is -3.21. The van der Waals surface area contributed by atoms with Gasteiger partial charge >= 0.3 is 5.97 Å². The Morgan fingerprint density at radius 3 is 2.64 bits per heavy atom. The molecular weight excluding hydrogens is 352 g/mol. The summed E-state index contributed by atoms with van der Waals surface area (Å²) in [5.74, 6) is -0.455. The van der Waals surface area contributed by atoms with Gasteiger partial charge in [0.15, 0.2) is 6.10 Å². The minimum Gasteiger partial charge on any atom is -0.452 e. The third kappa shape index (κ3) is 3.60. The summed E-state index contributed by atoms with van der Waals surface area (Å²) >= 11 is 0. The number of cyclic esters (lactones) is 1. The number of para-hydroxylation sites is 1. The zero-order chi connectivity index (χ0) is 19.5. The van der Waals surface area contributed by atoms with E-state index in [0.717, 1.165) is 22.0 Å². The van der Waals surface area contributed by atoms with E-state index in [1.54, 1.807) is 11.1 Å². The average Bonchev–Trinajstić information content (AvgIpc) is 3.18. The lowest BCUT2D eigenvalue weighted by Gasteiger charge is -2.31. The number of carbonyl (C=O) groups is 2. The van der Waals surface area contributed by atoms with Gasteiger partial charge in [0.25, 0.3) is 5.91 Å². The Morgan fingerprint density at radius 1 is 1.14 bits per heavy atom. The number of nitrogens with zero attached hydrogens (tertiary/aromatic N) is 2. The molecule has 4 rings (SSSR count). The zero-order valence-electron chi connectivity index (χ0n) is 15.7. The SMILES string of the molecule is C[C@H](c1ccccc1)N(Cc1ccnc2ccccc12)C(=O)[C@@H]1CCC(=O)O1. The van der Waals surface area contributed by atoms with Crippen molar-refractivity contribution >= 4 is 22.8 Å². The van der Waals surface area contributed by atoms with E-state index in [4.69, 9.17) is 4.74 Å². The quantitative estimate of drug-likeness (QED) is 0.633. The molecule has 1 amide bonds. The smallest absolute Gasteiger partial charge is 0.306 e. The predicted molar refractivity (Wildman–Crippen MR) is 106 cm³/mol. The van der Waals surface area contributed by atoms with Crippen LogP contribution in [0.15, 0.2) is 66.9 Å². The van der Waals surface area contributed by atoms with Crippen LogP contribution in [0, 0.1) is 0 Å². The molecule has 1 fully saturated rings. The standard InChI is InChI=1S/C23H22N2O3/c1-16(17-7-3-2-4-8-17)25(23(27)21-11-12-22(26)28-21)15-18-13-14-24-20-10-6-5-9-19(18)20/h2-10,13-14,16,21H,11-12,15H2,1H3/t16-,21+/m1/s1. The van der Waals surface area contributed by atoms with Crippen LogP contribution in [0.5, 0.6) is 0 Å². The molecule has 3 aromatic rings.